The van der Waals surface area contributed by atoms with Gasteiger partial charge in [0, 0.05) is 20.6 Å². The van der Waals surface area contributed by atoms with Gasteiger partial charge in [0.15, 0.2) is 0 Å². The van der Waals surface area contributed by atoms with Gasteiger partial charge >= 0.3 is 0 Å². The Bertz CT molecular complexity index is 1260. The molecule has 0 spiro atoms. The largest absolute Gasteiger partial charge is 0.322 e. The molecule has 0 aliphatic heterocycles. The van der Waals surface area contributed by atoms with E-state index in [1.54, 1.807) is 23.5 Å². The van der Waals surface area contributed by atoms with Crippen molar-refractivity contribution in [1.82, 2.24) is 0 Å². The van der Waals surface area contributed by atoms with Crippen LogP contribution in [0.5, 0.6) is 0 Å². The Morgan fingerprint density at radius 3 is 2.47 bits per heavy atom. The quantitative estimate of drug-likeness (QED) is 0.356. The van der Waals surface area contributed by atoms with Crippen LogP contribution in [-0.4, -0.2) is 11.8 Å². The van der Waals surface area contributed by atoms with E-state index in [4.69, 9.17) is 0 Å². The number of hydrogen-bond donors (Lipinski definition) is 2. The van der Waals surface area contributed by atoms with E-state index in [-0.39, 0.29) is 17.2 Å². The number of amides is 2. The zero-order valence-electron chi connectivity index (χ0n) is 20.3. The van der Waals surface area contributed by atoms with Crippen LogP contribution < -0.4 is 10.6 Å². The van der Waals surface area contributed by atoms with Crippen LogP contribution in [0.15, 0.2) is 46.9 Å². The van der Waals surface area contributed by atoms with Gasteiger partial charge in [0.25, 0.3) is 11.8 Å². The summed E-state index contributed by atoms with van der Waals surface area (Å²) in [6.45, 7) is 10.9. The minimum absolute atomic E-state index is 0.164. The third kappa shape index (κ3) is 5.28. The van der Waals surface area contributed by atoms with Crippen LogP contribution in [0.25, 0.3) is 0 Å². The summed E-state index contributed by atoms with van der Waals surface area (Å²) in [7, 11) is 0. The molecular formula is C28H31BrN2O2S. The molecule has 1 aliphatic carbocycles. The lowest BCUT2D eigenvalue weighted by atomic mass is 9.72. The van der Waals surface area contributed by atoms with Gasteiger partial charge in [0.2, 0.25) is 0 Å². The van der Waals surface area contributed by atoms with Gasteiger partial charge in [-0.1, -0.05) is 60.5 Å². The van der Waals surface area contributed by atoms with Crippen LogP contribution in [0.3, 0.4) is 0 Å². The fourth-order valence-electron chi connectivity index (χ4n) is 4.60. The van der Waals surface area contributed by atoms with Gasteiger partial charge in [-0.25, -0.2) is 0 Å². The average Bonchev–Trinajstić information content (AvgIpc) is 3.12. The minimum atomic E-state index is -0.215. The molecule has 0 bridgehead atoms. The summed E-state index contributed by atoms with van der Waals surface area (Å²) in [5.74, 6) is 0.165. The lowest BCUT2D eigenvalue weighted by Gasteiger charge is -2.33. The highest BCUT2D eigenvalue weighted by Gasteiger charge is 2.34. The van der Waals surface area contributed by atoms with Gasteiger partial charge in [-0.15, -0.1) is 11.3 Å². The summed E-state index contributed by atoms with van der Waals surface area (Å²) in [5.41, 5.74) is 5.40. The van der Waals surface area contributed by atoms with E-state index in [1.807, 2.05) is 38.1 Å². The zero-order valence-corrected chi connectivity index (χ0v) is 22.7. The fourth-order valence-corrected chi connectivity index (χ4v) is 6.32. The molecule has 2 N–H and O–H groups in total. The summed E-state index contributed by atoms with van der Waals surface area (Å²) in [6.07, 6.45) is 2.81. The first-order valence-corrected chi connectivity index (χ1v) is 13.2. The second-order valence-electron chi connectivity index (χ2n) is 10.3. The summed E-state index contributed by atoms with van der Waals surface area (Å²) in [5, 5.41) is 6.79. The Hall–Kier alpha value is -2.44. The maximum absolute atomic E-state index is 13.6. The molecule has 3 aromatic rings. The number of thiophene rings is 1. The van der Waals surface area contributed by atoms with Gasteiger partial charge in [-0.05, 0) is 79.8 Å². The molecule has 0 fully saturated rings. The van der Waals surface area contributed by atoms with Crippen molar-refractivity contribution in [2.75, 3.05) is 10.6 Å². The maximum Gasteiger partial charge on any atom is 0.258 e. The standard InChI is InChI=1S/C28H31BrN2O2S/c1-16-9-12-22(17(2)13-16)30-26(33)24-21-11-10-19(28(3,4)5)15-23(21)34-27(24)31-25(32)18-7-6-8-20(29)14-18/h6-9,12-14,19H,10-11,15H2,1-5H3,(H,30,33)(H,31,32). The number of carbonyl (C=O) groups is 2. The molecule has 0 saturated carbocycles. The molecule has 2 aromatic carbocycles. The molecule has 4 nitrogen and oxygen atoms in total. The number of halogens is 1. The lowest BCUT2D eigenvalue weighted by molar-refractivity contribution is 0.102. The first-order chi connectivity index (χ1) is 16.0. The molecule has 0 saturated heterocycles. The molecule has 1 unspecified atom stereocenters. The Morgan fingerprint density at radius 1 is 1.03 bits per heavy atom. The highest BCUT2D eigenvalue weighted by Crippen LogP contribution is 2.44. The van der Waals surface area contributed by atoms with Crippen LogP contribution in [0.1, 0.15) is 69.5 Å². The topological polar surface area (TPSA) is 58.2 Å². The van der Waals surface area contributed by atoms with Crippen LogP contribution >= 0.6 is 27.3 Å². The number of hydrogen-bond acceptors (Lipinski definition) is 3. The number of benzene rings is 2. The first kappa shape index (κ1) is 24.7. The number of fused-ring (bicyclic) bond motifs is 1. The highest BCUT2D eigenvalue weighted by molar-refractivity contribution is 9.10. The molecule has 1 aromatic heterocycles. The van der Waals surface area contributed by atoms with Crippen molar-refractivity contribution in [1.29, 1.82) is 0 Å². The second kappa shape index (κ2) is 9.67. The van der Waals surface area contributed by atoms with Gasteiger partial charge in [-0.3, -0.25) is 9.59 Å². The lowest BCUT2D eigenvalue weighted by Crippen LogP contribution is -2.27. The van der Waals surface area contributed by atoms with Crippen molar-refractivity contribution < 1.29 is 9.59 Å². The molecule has 1 aliphatic rings. The normalized spacial score (nSPS) is 15.5. The molecule has 6 heteroatoms. The van der Waals surface area contributed by atoms with Gasteiger partial charge < -0.3 is 10.6 Å². The third-order valence-electron chi connectivity index (χ3n) is 6.66. The van der Waals surface area contributed by atoms with E-state index in [0.29, 0.717) is 22.0 Å². The van der Waals surface area contributed by atoms with Crippen molar-refractivity contribution in [3.8, 4) is 0 Å². The zero-order chi connectivity index (χ0) is 24.6. The first-order valence-electron chi connectivity index (χ1n) is 11.6. The summed E-state index contributed by atoms with van der Waals surface area (Å²) in [6, 6.07) is 13.3. The Morgan fingerprint density at radius 2 is 1.79 bits per heavy atom. The van der Waals surface area contributed by atoms with Crippen molar-refractivity contribution in [2.45, 2.75) is 53.9 Å². The SMILES string of the molecule is Cc1ccc(NC(=O)c2c(NC(=O)c3cccc(Br)c3)sc3c2CCC(C(C)(C)C)C3)c(C)c1. The monoisotopic (exact) mass is 538 g/mol. The molecular weight excluding hydrogens is 508 g/mol. The van der Waals surface area contributed by atoms with Gasteiger partial charge in [0.1, 0.15) is 5.00 Å². The fraction of sp³-hybridized carbons (Fsp3) is 0.357. The Labute approximate surface area is 214 Å². The van der Waals surface area contributed by atoms with E-state index in [2.05, 4.69) is 53.4 Å². The number of carbonyl (C=O) groups excluding carboxylic acids is 2. The van der Waals surface area contributed by atoms with Gasteiger partial charge in [-0.2, -0.15) is 0 Å². The molecule has 1 heterocycles. The summed E-state index contributed by atoms with van der Waals surface area (Å²) < 4.78 is 0.839. The third-order valence-corrected chi connectivity index (χ3v) is 8.32. The molecule has 2 amide bonds. The minimum Gasteiger partial charge on any atom is -0.322 e. The van der Waals surface area contributed by atoms with E-state index in [1.165, 1.54) is 4.88 Å². The van der Waals surface area contributed by atoms with Crippen LogP contribution in [0.4, 0.5) is 10.7 Å². The molecule has 34 heavy (non-hydrogen) atoms. The van der Waals surface area contributed by atoms with E-state index in [9.17, 15) is 9.59 Å². The highest BCUT2D eigenvalue weighted by atomic mass is 79.9. The number of aryl methyl sites for hydroxylation is 2. The van der Waals surface area contributed by atoms with E-state index in [0.717, 1.165) is 46.1 Å². The second-order valence-corrected chi connectivity index (χ2v) is 12.3. The summed E-state index contributed by atoms with van der Waals surface area (Å²) >= 11 is 4.98. The summed E-state index contributed by atoms with van der Waals surface area (Å²) in [4.78, 5) is 27.9. The van der Waals surface area contributed by atoms with Crippen molar-refractivity contribution >= 4 is 49.8 Å². The van der Waals surface area contributed by atoms with E-state index >= 15 is 0 Å². The smallest absolute Gasteiger partial charge is 0.258 e. The van der Waals surface area contributed by atoms with Gasteiger partial charge in [0.05, 0.1) is 5.56 Å². The number of nitrogens with one attached hydrogen (secondary N) is 2. The van der Waals surface area contributed by atoms with Crippen LogP contribution in [0.2, 0.25) is 0 Å². The molecule has 1 atom stereocenters. The molecule has 4 rings (SSSR count). The average molecular weight is 540 g/mol. The van der Waals surface area contributed by atoms with Crippen molar-refractivity contribution in [3.05, 3.63) is 79.6 Å². The number of rotatable bonds is 4. The maximum atomic E-state index is 13.6. The predicted octanol–water partition coefficient (Wildman–Crippen LogP) is 7.78. The van der Waals surface area contributed by atoms with Crippen molar-refractivity contribution in [2.24, 2.45) is 11.3 Å². The van der Waals surface area contributed by atoms with Crippen LogP contribution in [-0.2, 0) is 12.8 Å². The van der Waals surface area contributed by atoms with Crippen molar-refractivity contribution in [3.63, 3.8) is 0 Å². The van der Waals surface area contributed by atoms with Crippen LogP contribution in [0, 0.1) is 25.2 Å². The number of anilines is 2. The van der Waals surface area contributed by atoms with E-state index < -0.39 is 0 Å². The Balaban J connectivity index is 1.70. The predicted molar refractivity (Wildman–Crippen MR) is 145 cm³/mol. The molecule has 178 valence electrons. The Kier molecular flexibility index (Phi) is 7.02. The molecule has 0 radical (unpaired) electrons.